The van der Waals surface area contributed by atoms with E-state index >= 15 is 0 Å². The molecule has 2 rings (SSSR count). The fourth-order valence-corrected chi connectivity index (χ4v) is 2.19. The second kappa shape index (κ2) is 5.77. The van der Waals surface area contributed by atoms with E-state index in [4.69, 9.17) is 9.84 Å². The second-order valence-electron chi connectivity index (χ2n) is 4.64. The van der Waals surface area contributed by atoms with Crippen molar-refractivity contribution in [2.75, 3.05) is 7.11 Å². The maximum absolute atomic E-state index is 11.0. The molecule has 106 valence electrons. The highest BCUT2D eigenvalue weighted by atomic mass is 16.5. The van der Waals surface area contributed by atoms with Gasteiger partial charge in [0, 0.05) is 5.69 Å². The number of carboxylic acids is 1. The Kier molecular flexibility index (Phi) is 4.08. The van der Waals surface area contributed by atoms with Crippen LogP contribution in [0.5, 0.6) is 5.75 Å². The summed E-state index contributed by atoms with van der Waals surface area (Å²) in [5, 5.41) is 13.1. The van der Waals surface area contributed by atoms with Gasteiger partial charge in [0.1, 0.15) is 5.75 Å². The monoisotopic (exact) mass is 274 g/mol. The molecule has 5 heteroatoms. The minimum atomic E-state index is -0.996. The lowest BCUT2D eigenvalue weighted by atomic mass is 10.1. The van der Waals surface area contributed by atoms with Crippen molar-refractivity contribution >= 4 is 5.97 Å². The maximum atomic E-state index is 11.0. The molecule has 0 bridgehead atoms. The lowest BCUT2D eigenvalue weighted by Crippen LogP contribution is -2.07. The van der Waals surface area contributed by atoms with E-state index in [1.54, 1.807) is 17.9 Å². The van der Waals surface area contributed by atoms with Gasteiger partial charge < -0.3 is 9.84 Å². The molecule has 0 unspecified atom stereocenters. The molecule has 0 radical (unpaired) electrons. The molecule has 0 aliphatic heterocycles. The van der Waals surface area contributed by atoms with Crippen molar-refractivity contribution < 1.29 is 14.6 Å². The quantitative estimate of drug-likeness (QED) is 0.910. The van der Waals surface area contributed by atoms with Crippen molar-refractivity contribution in [3.8, 4) is 5.75 Å². The molecule has 0 spiro atoms. The molecule has 20 heavy (non-hydrogen) atoms. The molecule has 0 atom stereocenters. The molecule has 0 saturated heterocycles. The van der Waals surface area contributed by atoms with Crippen LogP contribution in [-0.4, -0.2) is 28.0 Å². The van der Waals surface area contributed by atoms with Crippen LogP contribution in [0.4, 0.5) is 0 Å². The van der Waals surface area contributed by atoms with Gasteiger partial charge in [0.2, 0.25) is 0 Å². The standard InChI is InChI=1S/C15H18N2O3/c1-4-12-8-13(15(18)19)16-17(12)9-11-5-6-14(20-3)10(2)7-11/h5-8H,4,9H2,1-3H3,(H,18,19). The predicted octanol–water partition coefficient (Wildman–Crippen LogP) is 2.51. The van der Waals surface area contributed by atoms with Crippen molar-refractivity contribution in [3.63, 3.8) is 0 Å². The van der Waals surface area contributed by atoms with E-state index in [0.29, 0.717) is 6.54 Å². The number of rotatable bonds is 5. The number of aryl methyl sites for hydroxylation is 2. The number of hydrogen-bond acceptors (Lipinski definition) is 3. The molecular formula is C15H18N2O3. The van der Waals surface area contributed by atoms with Gasteiger partial charge >= 0.3 is 5.97 Å². The zero-order valence-electron chi connectivity index (χ0n) is 11.9. The summed E-state index contributed by atoms with van der Waals surface area (Å²) in [6.45, 7) is 4.52. The highest BCUT2D eigenvalue weighted by molar-refractivity contribution is 5.85. The number of hydrogen-bond donors (Lipinski definition) is 1. The Morgan fingerprint density at radius 3 is 2.70 bits per heavy atom. The summed E-state index contributed by atoms with van der Waals surface area (Å²) in [6.07, 6.45) is 0.745. The molecule has 2 aromatic rings. The lowest BCUT2D eigenvalue weighted by molar-refractivity contribution is 0.0689. The lowest BCUT2D eigenvalue weighted by Gasteiger charge is -2.09. The van der Waals surface area contributed by atoms with Gasteiger partial charge in [0.25, 0.3) is 0 Å². The zero-order valence-corrected chi connectivity index (χ0v) is 11.9. The minimum Gasteiger partial charge on any atom is -0.496 e. The van der Waals surface area contributed by atoms with Crippen LogP contribution in [0.25, 0.3) is 0 Å². The van der Waals surface area contributed by atoms with Crippen LogP contribution in [0.1, 0.15) is 34.2 Å². The Labute approximate surface area is 117 Å². The van der Waals surface area contributed by atoms with Gasteiger partial charge in [0.15, 0.2) is 5.69 Å². The topological polar surface area (TPSA) is 64.3 Å². The number of methoxy groups -OCH3 is 1. The molecule has 0 amide bonds. The Balaban J connectivity index is 2.29. The first kappa shape index (κ1) is 14.1. The third-order valence-corrected chi connectivity index (χ3v) is 3.24. The van der Waals surface area contributed by atoms with E-state index in [2.05, 4.69) is 5.10 Å². The maximum Gasteiger partial charge on any atom is 0.356 e. The van der Waals surface area contributed by atoms with Gasteiger partial charge in [0.05, 0.1) is 13.7 Å². The summed E-state index contributed by atoms with van der Waals surface area (Å²) >= 11 is 0. The fourth-order valence-electron chi connectivity index (χ4n) is 2.19. The molecule has 1 heterocycles. The largest absolute Gasteiger partial charge is 0.496 e. The SMILES string of the molecule is CCc1cc(C(=O)O)nn1Cc1ccc(OC)c(C)c1. The van der Waals surface area contributed by atoms with Crippen molar-refractivity contribution in [2.24, 2.45) is 0 Å². The summed E-state index contributed by atoms with van der Waals surface area (Å²) < 4.78 is 6.97. The highest BCUT2D eigenvalue weighted by Gasteiger charge is 2.12. The Bertz CT molecular complexity index is 632. The first-order valence-electron chi connectivity index (χ1n) is 6.48. The highest BCUT2D eigenvalue weighted by Crippen LogP contribution is 2.19. The number of carbonyl (C=O) groups is 1. The van der Waals surface area contributed by atoms with Crippen LogP contribution in [0.15, 0.2) is 24.3 Å². The molecule has 1 N–H and O–H groups in total. The molecule has 1 aromatic heterocycles. The number of carboxylic acid groups (broad SMARTS) is 1. The van der Waals surface area contributed by atoms with Crippen molar-refractivity contribution in [1.82, 2.24) is 9.78 Å². The molecule has 0 fully saturated rings. The van der Waals surface area contributed by atoms with Gasteiger partial charge in [-0.3, -0.25) is 4.68 Å². The van der Waals surface area contributed by atoms with E-state index in [1.165, 1.54) is 0 Å². The Morgan fingerprint density at radius 2 is 2.15 bits per heavy atom. The van der Waals surface area contributed by atoms with Crippen LogP contribution in [0.2, 0.25) is 0 Å². The third kappa shape index (κ3) is 2.82. The van der Waals surface area contributed by atoms with Gasteiger partial charge in [-0.2, -0.15) is 5.10 Å². The normalized spacial score (nSPS) is 10.6. The average molecular weight is 274 g/mol. The fraction of sp³-hybridized carbons (Fsp3) is 0.333. The third-order valence-electron chi connectivity index (χ3n) is 3.24. The van der Waals surface area contributed by atoms with Crippen LogP contribution >= 0.6 is 0 Å². The van der Waals surface area contributed by atoms with Gasteiger partial charge in [-0.1, -0.05) is 19.1 Å². The zero-order chi connectivity index (χ0) is 14.7. The Hall–Kier alpha value is -2.30. The molecule has 0 aliphatic rings. The molecule has 0 saturated carbocycles. The first-order valence-corrected chi connectivity index (χ1v) is 6.48. The molecule has 5 nitrogen and oxygen atoms in total. The van der Waals surface area contributed by atoms with Crippen molar-refractivity contribution in [3.05, 3.63) is 46.8 Å². The van der Waals surface area contributed by atoms with Crippen molar-refractivity contribution in [1.29, 1.82) is 0 Å². The van der Waals surface area contributed by atoms with E-state index in [1.807, 2.05) is 32.0 Å². The van der Waals surface area contributed by atoms with E-state index < -0.39 is 5.97 Å². The molecule has 1 aromatic carbocycles. The van der Waals surface area contributed by atoms with Gasteiger partial charge in [-0.05, 0) is 36.6 Å². The Morgan fingerprint density at radius 1 is 1.40 bits per heavy atom. The number of ether oxygens (including phenoxy) is 1. The number of benzene rings is 1. The summed E-state index contributed by atoms with van der Waals surface area (Å²) in [4.78, 5) is 11.0. The van der Waals surface area contributed by atoms with Crippen LogP contribution in [0.3, 0.4) is 0 Å². The number of nitrogens with zero attached hydrogens (tertiary/aromatic N) is 2. The predicted molar refractivity (Wildman–Crippen MR) is 75.4 cm³/mol. The summed E-state index contributed by atoms with van der Waals surface area (Å²) in [5.41, 5.74) is 3.12. The van der Waals surface area contributed by atoms with E-state index in [0.717, 1.165) is 29.0 Å². The van der Waals surface area contributed by atoms with Gasteiger partial charge in [-0.15, -0.1) is 0 Å². The summed E-state index contributed by atoms with van der Waals surface area (Å²) in [5.74, 6) is -0.152. The average Bonchev–Trinajstić information content (AvgIpc) is 2.82. The van der Waals surface area contributed by atoms with Crippen LogP contribution in [-0.2, 0) is 13.0 Å². The first-order chi connectivity index (χ1) is 9.55. The number of aromatic carboxylic acids is 1. The van der Waals surface area contributed by atoms with Crippen molar-refractivity contribution in [2.45, 2.75) is 26.8 Å². The smallest absolute Gasteiger partial charge is 0.356 e. The molecular weight excluding hydrogens is 256 g/mol. The second-order valence-corrected chi connectivity index (χ2v) is 4.64. The van der Waals surface area contributed by atoms with E-state index in [-0.39, 0.29) is 5.69 Å². The van der Waals surface area contributed by atoms with Crippen LogP contribution in [0, 0.1) is 6.92 Å². The van der Waals surface area contributed by atoms with E-state index in [9.17, 15) is 4.79 Å². The molecule has 0 aliphatic carbocycles. The number of aromatic nitrogens is 2. The minimum absolute atomic E-state index is 0.0899. The van der Waals surface area contributed by atoms with Crippen LogP contribution < -0.4 is 4.74 Å². The summed E-state index contributed by atoms with van der Waals surface area (Å²) in [6, 6.07) is 7.53. The van der Waals surface area contributed by atoms with Gasteiger partial charge in [-0.25, -0.2) is 4.79 Å². The summed E-state index contributed by atoms with van der Waals surface area (Å²) in [7, 11) is 1.64.